The molecule has 3 rings (SSSR count). The molecule has 2 nitrogen and oxygen atoms in total. The highest BCUT2D eigenvalue weighted by Crippen LogP contribution is 2.35. The number of rotatable bonds is 3. The van der Waals surface area contributed by atoms with Crippen molar-refractivity contribution in [3.63, 3.8) is 0 Å². The van der Waals surface area contributed by atoms with E-state index in [2.05, 4.69) is 4.98 Å². The summed E-state index contributed by atoms with van der Waals surface area (Å²) in [6.45, 7) is 2.49. The molecule has 6 heteroatoms. The number of fused-ring (bicyclic) bond motifs is 1. The molecule has 114 valence electrons. The number of hydrogen-bond acceptors (Lipinski definition) is 3. The fraction of sp³-hybridized carbons (Fsp3) is 0.188. The van der Waals surface area contributed by atoms with Gasteiger partial charge in [-0.25, -0.2) is 4.98 Å². The second-order valence-electron chi connectivity index (χ2n) is 4.66. The minimum absolute atomic E-state index is 0.365. The Morgan fingerprint density at radius 1 is 1.09 bits per heavy atom. The van der Waals surface area contributed by atoms with E-state index in [0.29, 0.717) is 17.1 Å². The lowest BCUT2D eigenvalue weighted by Gasteiger charge is -2.04. The van der Waals surface area contributed by atoms with Crippen molar-refractivity contribution >= 4 is 21.6 Å². The molecule has 0 fully saturated rings. The van der Waals surface area contributed by atoms with Crippen LogP contribution in [0.2, 0.25) is 0 Å². The van der Waals surface area contributed by atoms with Crippen LogP contribution in [0.25, 0.3) is 20.8 Å². The van der Waals surface area contributed by atoms with Gasteiger partial charge in [0.2, 0.25) is 0 Å². The van der Waals surface area contributed by atoms with E-state index in [1.54, 1.807) is 0 Å². The summed E-state index contributed by atoms with van der Waals surface area (Å²) >= 11 is 1.37. The quantitative estimate of drug-likeness (QED) is 0.645. The summed E-state index contributed by atoms with van der Waals surface area (Å²) < 4.78 is 44.3. The fourth-order valence-corrected chi connectivity index (χ4v) is 3.04. The molecule has 0 aliphatic carbocycles. The molecule has 22 heavy (non-hydrogen) atoms. The molecule has 0 amide bonds. The van der Waals surface area contributed by atoms with Crippen molar-refractivity contribution in [1.82, 2.24) is 4.98 Å². The zero-order valence-corrected chi connectivity index (χ0v) is 12.5. The van der Waals surface area contributed by atoms with Gasteiger partial charge in [0.15, 0.2) is 0 Å². The van der Waals surface area contributed by atoms with Crippen molar-refractivity contribution in [3.05, 3.63) is 48.0 Å². The summed E-state index contributed by atoms with van der Waals surface area (Å²) in [5, 5.41) is 0.692. The SMILES string of the molecule is CCOc1ccc(-c2nc3cc(C(F)(F)F)ccc3s2)cc1. The minimum Gasteiger partial charge on any atom is -0.494 e. The first kappa shape index (κ1) is 14.8. The van der Waals surface area contributed by atoms with Crippen molar-refractivity contribution in [3.8, 4) is 16.3 Å². The van der Waals surface area contributed by atoms with Crippen LogP contribution in [-0.2, 0) is 6.18 Å². The molecule has 1 heterocycles. The van der Waals surface area contributed by atoms with Crippen molar-refractivity contribution < 1.29 is 17.9 Å². The summed E-state index contributed by atoms with van der Waals surface area (Å²) in [6, 6.07) is 11.0. The van der Waals surface area contributed by atoms with Gasteiger partial charge in [0, 0.05) is 5.56 Å². The second-order valence-corrected chi connectivity index (χ2v) is 5.69. The fourth-order valence-electron chi connectivity index (χ4n) is 2.09. The number of halogens is 3. The molecule has 0 radical (unpaired) electrons. The number of aromatic nitrogens is 1. The Labute approximate surface area is 129 Å². The topological polar surface area (TPSA) is 22.1 Å². The van der Waals surface area contributed by atoms with Gasteiger partial charge < -0.3 is 4.74 Å². The molecule has 0 spiro atoms. The molecule has 0 N–H and O–H groups in total. The average molecular weight is 323 g/mol. The van der Waals surface area contributed by atoms with Gasteiger partial charge >= 0.3 is 6.18 Å². The first-order chi connectivity index (χ1) is 10.5. The summed E-state index contributed by atoms with van der Waals surface area (Å²) in [5.41, 5.74) is 0.547. The maximum atomic E-state index is 12.7. The maximum absolute atomic E-state index is 12.7. The monoisotopic (exact) mass is 323 g/mol. The molecular weight excluding hydrogens is 311 g/mol. The van der Waals surface area contributed by atoms with E-state index in [-0.39, 0.29) is 0 Å². The summed E-state index contributed by atoms with van der Waals surface area (Å²) in [5.74, 6) is 0.756. The summed E-state index contributed by atoms with van der Waals surface area (Å²) in [7, 11) is 0. The lowest BCUT2D eigenvalue weighted by molar-refractivity contribution is -0.137. The highest BCUT2D eigenvalue weighted by Gasteiger charge is 2.30. The van der Waals surface area contributed by atoms with E-state index in [1.165, 1.54) is 17.4 Å². The number of alkyl halides is 3. The zero-order valence-electron chi connectivity index (χ0n) is 11.6. The first-order valence-corrected chi connectivity index (χ1v) is 7.50. The van der Waals surface area contributed by atoms with Crippen LogP contribution in [0, 0.1) is 0 Å². The molecule has 0 saturated heterocycles. The van der Waals surface area contributed by atoms with Crippen LogP contribution in [0.4, 0.5) is 13.2 Å². The lowest BCUT2D eigenvalue weighted by Crippen LogP contribution is -2.03. The van der Waals surface area contributed by atoms with Crippen LogP contribution in [0.15, 0.2) is 42.5 Å². The van der Waals surface area contributed by atoms with Crippen molar-refractivity contribution in [1.29, 1.82) is 0 Å². The highest BCUT2D eigenvalue weighted by atomic mass is 32.1. The zero-order chi connectivity index (χ0) is 15.7. The molecule has 0 atom stereocenters. The Balaban J connectivity index is 1.97. The molecule has 0 bridgehead atoms. The summed E-state index contributed by atoms with van der Waals surface area (Å²) in [4.78, 5) is 4.31. The minimum atomic E-state index is -4.35. The van der Waals surface area contributed by atoms with Crippen LogP contribution in [0.3, 0.4) is 0 Å². The number of nitrogens with zero attached hydrogens (tertiary/aromatic N) is 1. The Kier molecular flexibility index (Phi) is 3.78. The van der Waals surface area contributed by atoms with Gasteiger partial charge in [-0.2, -0.15) is 13.2 Å². The molecule has 0 saturated carbocycles. The van der Waals surface area contributed by atoms with Crippen LogP contribution in [0.1, 0.15) is 12.5 Å². The summed E-state index contributed by atoms with van der Waals surface area (Å²) in [6.07, 6.45) is -4.35. The van der Waals surface area contributed by atoms with Crippen LogP contribution in [-0.4, -0.2) is 11.6 Å². The predicted molar refractivity (Wildman–Crippen MR) is 81.2 cm³/mol. The van der Waals surface area contributed by atoms with Crippen LogP contribution in [0.5, 0.6) is 5.75 Å². The maximum Gasteiger partial charge on any atom is 0.416 e. The Hall–Kier alpha value is -2.08. The van der Waals surface area contributed by atoms with Crippen molar-refractivity contribution in [2.24, 2.45) is 0 Å². The third kappa shape index (κ3) is 2.92. The number of thiazole rings is 1. The third-order valence-corrected chi connectivity index (χ3v) is 4.21. The number of ether oxygens (including phenoxy) is 1. The molecular formula is C16H12F3NOS. The van der Waals surface area contributed by atoms with Gasteiger partial charge in [0.1, 0.15) is 10.8 Å². The van der Waals surface area contributed by atoms with E-state index >= 15 is 0 Å². The molecule has 2 aromatic carbocycles. The molecule has 1 aromatic heterocycles. The average Bonchev–Trinajstić information content (AvgIpc) is 2.90. The van der Waals surface area contributed by atoms with E-state index < -0.39 is 11.7 Å². The number of benzene rings is 2. The Morgan fingerprint density at radius 3 is 2.45 bits per heavy atom. The van der Waals surface area contributed by atoms with Gasteiger partial charge in [0.05, 0.1) is 22.4 Å². The normalized spacial score (nSPS) is 11.8. The highest BCUT2D eigenvalue weighted by molar-refractivity contribution is 7.21. The van der Waals surface area contributed by atoms with Gasteiger partial charge in [-0.05, 0) is 49.4 Å². The number of hydrogen-bond donors (Lipinski definition) is 0. The van der Waals surface area contributed by atoms with E-state index in [1.807, 2.05) is 31.2 Å². The van der Waals surface area contributed by atoms with Gasteiger partial charge in [-0.3, -0.25) is 0 Å². The van der Waals surface area contributed by atoms with Crippen molar-refractivity contribution in [2.45, 2.75) is 13.1 Å². The third-order valence-electron chi connectivity index (χ3n) is 3.13. The van der Waals surface area contributed by atoms with E-state index in [4.69, 9.17) is 4.74 Å². The molecule has 0 unspecified atom stereocenters. The van der Waals surface area contributed by atoms with Crippen molar-refractivity contribution in [2.75, 3.05) is 6.61 Å². The lowest BCUT2D eigenvalue weighted by atomic mass is 10.2. The van der Waals surface area contributed by atoms with E-state index in [0.717, 1.165) is 28.1 Å². The first-order valence-electron chi connectivity index (χ1n) is 6.68. The van der Waals surface area contributed by atoms with Gasteiger partial charge in [-0.1, -0.05) is 0 Å². The molecule has 0 aliphatic heterocycles. The predicted octanol–water partition coefficient (Wildman–Crippen LogP) is 5.38. The van der Waals surface area contributed by atoms with E-state index in [9.17, 15) is 13.2 Å². The Morgan fingerprint density at radius 2 is 1.82 bits per heavy atom. The molecule has 3 aromatic rings. The molecule has 0 aliphatic rings. The smallest absolute Gasteiger partial charge is 0.416 e. The Bertz CT molecular complexity index is 793. The van der Waals surface area contributed by atoms with Crippen LogP contribution < -0.4 is 4.74 Å². The van der Waals surface area contributed by atoms with Crippen LogP contribution >= 0.6 is 11.3 Å². The standard InChI is InChI=1S/C16H12F3NOS/c1-2-21-12-6-3-10(4-7-12)15-20-13-9-11(16(17,18)19)5-8-14(13)22-15/h3-9H,2H2,1H3. The van der Waals surface area contributed by atoms with Gasteiger partial charge in [0.25, 0.3) is 0 Å². The second kappa shape index (κ2) is 5.61. The largest absolute Gasteiger partial charge is 0.494 e. The van der Waals surface area contributed by atoms with Gasteiger partial charge in [-0.15, -0.1) is 11.3 Å².